The molecule has 1 aliphatic heterocycles. The molecule has 1 fully saturated rings. The summed E-state index contributed by atoms with van der Waals surface area (Å²) < 4.78 is 50.6. The predicted molar refractivity (Wildman–Crippen MR) is 120 cm³/mol. The van der Waals surface area contributed by atoms with Gasteiger partial charge in [0.05, 0.1) is 6.61 Å². The van der Waals surface area contributed by atoms with Crippen molar-refractivity contribution in [3.8, 4) is 0 Å². The highest BCUT2D eigenvalue weighted by atomic mass is 31.3. The Morgan fingerprint density at radius 3 is 2.08 bits per heavy atom. The maximum absolute atomic E-state index is 12.8. The van der Waals surface area contributed by atoms with Crippen LogP contribution in [0.1, 0.15) is 11.8 Å². The van der Waals surface area contributed by atoms with Crippen molar-refractivity contribution in [1.82, 2.24) is 23.0 Å². The summed E-state index contributed by atoms with van der Waals surface area (Å²) in [5, 5.41) is 21.5. The number of hydrogen-bond donors (Lipinski definition) is 6. The Morgan fingerprint density at radius 2 is 1.53 bits per heavy atom. The Hall–Kier alpha value is -1.40. The fourth-order valence-electron chi connectivity index (χ4n) is 3.23. The van der Waals surface area contributed by atoms with Crippen molar-refractivity contribution < 1.29 is 61.4 Å². The number of aryl methyl sites for hydroxylation is 1. The smallest absolute Gasteiger partial charge is 0.280 e. The normalized spacial score (nSPS) is 26.4. The fraction of sp³-hybridized carbons (Fsp3) is 0.400. The van der Waals surface area contributed by atoms with Crippen LogP contribution in [-0.4, -0.2) is 44.6 Å². The van der Waals surface area contributed by atoms with Crippen LogP contribution in [0.2, 0.25) is 0 Å². The van der Waals surface area contributed by atoms with E-state index in [2.05, 4.69) is 13.1 Å². The van der Waals surface area contributed by atoms with Crippen LogP contribution in [0, 0.1) is 6.92 Å². The van der Waals surface area contributed by atoms with E-state index in [1.165, 1.54) is 6.20 Å². The van der Waals surface area contributed by atoms with Gasteiger partial charge in [-0.1, -0.05) is 18.2 Å². The van der Waals surface area contributed by atoms with Crippen LogP contribution < -0.4 is 38.7 Å². The number of benzene rings is 1. The Balaban J connectivity index is 0.00000408. The minimum absolute atomic E-state index is 0. The molecular weight excluding hydrogens is 553 g/mol. The van der Waals surface area contributed by atoms with Crippen molar-refractivity contribution in [2.24, 2.45) is 0 Å². The van der Waals surface area contributed by atoms with Gasteiger partial charge < -0.3 is 57.5 Å². The van der Waals surface area contributed by atoms with Crippen molar-refractivity contribution in [2.45, 2.75) is 31.5 Å². The van der Waals surface area contributed by atoms with Gasteiger partial charge >= 0.3 is 0 Å². The number of aromatic nitrogens is 1. The first-order valence-electron chi connectivity index (χ1n) is 8.95. The molecule has 18 nitrogen and oxygen atoms in total. The molecule has 0 spiro atoms. The number of aliphatic hydroxyl groups excluding tert-OH is 2. The van der Waals surface area contributed by atoms with E-state index in [0.717, 1.165) is 4.57 Å². The summed E-state index contributed by atoms with van der Waals surface area (Å²) >= 11 is 0. The van der Waals surface area contributed by atoms with Crippen LogP contribution in [0.4, 0.5) is 0 Å². The average molecular weight is 582 g/mol. The molecule has 3 unspecified atom stereocenters. The molecule has 15 N–H and O–H groups in total. The van der Waals surface area contributed by atoms with Crippen LogP contribution >= 0.6 is 23.5 Å². The first-order valence-corrected chi connectivity index (χ1v) is 13.4. The molecular formula is C15H29N4O14P3. The van der Waals surface area contributed by atoms with Crippen molar-refractivity contribution in [3.05, 3.63) is 46.4 Å². The number of phosphoric ester groups is 1. The van der Waals surface area contributed by atoms with Gasteiger partial charge in [-0.2, -0.15) is 0 Å². The van der Waals surface area contributed by atoms with Gasteiger partial charge in [-0.15, -0.1) is 0 Å². The zero-order valence-corrected chi connectivity index (χ0v) is 22.2. The molecule has 0 aliphatic carbocycles. The number of pyridine rings is 1. The van der Waals surface area contributed by atoms with Gasteiger partial charge in [0, 0.05) is 11.6 Å². The van der Waals surface area contributed by atoms with Gasteiger partial charge in [0.1, 0.15) is 18.3 Å². The molecule has 7 atom stereocenters. The van der Waals surface area contributed by atoms with E-state index in [9.17, 15) is 43.4 Å². The van der Waals surface area contributed by atoms with Gasteiger partial charge in [0.15, 0.2) is 6.23 Å². The number of nitrogens with zero attached hydrogens (tertiary/aromatic N) is 1. The van der Waals surface area contributed by atoms with Gasteiger partial charge in [-0.3, -0.25) is 23.1 Å². The minimum atomic E-state index is -6.09. The molecule has 1 aromatic carbocycles. The lowest BCUT2D eigenvalue weighted by molar-refractivity contribution is -0.250. The summed E-state index contributed by atoms with van der Waals surface area (Å²) in [5.41, 5.74) is 0.0701. The first kappa shape index (κ1) is 34.6. The lowest BCUT2D eigenvalue weighted by Crippen LogP contribution is -2.35. The number of hydrogen-bond acceptors (Lipinski definition) is 13. The number of quaternary nitrogens is 3. The Bertz CT molecular complexity index is 1250. The highest BCUT2D eigenvalue weighted by Crippen LogP contribution is 2.61. The van der Waals surface area contributed by atoms with Gasteiger partial charge in [0.25, 0.3) is 29.0 Å². The summed E-state index contributed by atoms with van der Waals surface area (Å²) in [7, 11) is -17.8. The predicted octanol–water partition coefficient (Wildman–Crippen LogP) is -0.495. The van der Waals surface area contributed by atoms with E-state index < -0.39 is 60.2 Å². The number of fused-ring (bicyclic) bond motifs is 1. The van der Waals surface area contributed by atoms with E-state index in [1.54, 1.807) is 31.2 Å². The number of aliphatic hydroxyl groups is 2. The van der Waals surface area contributed by atoms with Crippen molar-refractivity contribution in [1.29, 1.82) is 0 Å². The van der Waals surface area contributed by atoms with Crippen molar-refractivity contribution in [2.75, 3.05) is 6.61 Å². The summed E-state index contributed by atoms with van der Waals surface area (Å²) in [6.07, 6.45) is -5.14. The molecule has 208 valence electrons. The zero-order valence-electron chi connectivity index (χ0n) is 19.5. The van der Waals surface area contributed by atoms with E-state index in [0.29, 0.717) is 16.3 Å². The highest BCUT2D eigenvalue weighted by molar-refractivity contribution is 7.65. The van der Waals surface area contributed by atoms with E-state index in [-0.39, 0.29) is 18.5 Å². The second kappa shape index (κ2) is 12.4. The standard InChI is InChI=1S/C15H20NO14P3.3H3N/c1-8-6-16(14(19)10-5-3-2-4-9(8)10)15-13(18)12(17)11(28-15)7-27-32(23,24)30-33(25,26)29-31(20,21)22;;;/h2-6,11-13,15,17-18H,7H2,1H3,(H,23,24)(H,25,26)(H2,20,21,22);3*1H3/t11-,12-,13-,15-;;;/m1.../s1. The summed E-state index contributed by atoms with van der Waals surface area (Å²) in [4.78, 5) is 54.5. The SMILES string of the molecule is Cc1cn([C@@H]2O[C@H](COP(=O)([O-])OP(=O)([O-])OP(=O)([O-])O)[C@@H](O)[C@H]2O)c(=O)c2ccccc12.[NH4+].[NH4+].[NH4+]. The number of phosphoric acid groups is 3. The molecule has 1 aliphatic rings. The minimum Gasteiger partial charge on any atom is -0.756 e. The van der Waals surface area contributed by atoms with Gasteiger partial charge in [0.2, 0.25) is 0 Å². The van der Waals surface area contributed by atoms with E-state index in [1.807, 2.05) is 0 Å². The topological polar surface area (TPSA) is 350 Å². The summed E-state index contributed by atoms with van der Waals surface area (Å²) in [5.74, 6) is 0. The summed E-state index contributed by atoms with van der Waals surface area (Å²) in [6, 6.07) is 6.60. The van der Waals surface area contributed by atoms with Crippen molar-refractivity contribution >= 4 is 34.2 Å². The lowest BCUT2D eigenvalue weighted by Gasteiger charge is -2.33. The fourth-order valence-corrected chi connectivity index (χ4v) is 6.12. The van der Waals surface area contributed by atoms with E-state index in [4.69, 9.17) is 9.63 Å². The quantitative estimate of drug-likeness (QED) is 0.214. The Labute approximate surface area is 203 Å². The van der Waals surface area contributed by atoms with Crippen LogP contribution in [0.25, 0.3) is 10.8 Å². The second-order valence-electron chi connectivity index (χ2n) is 6.94. The molecule has 0 saturated carbocycles. The maximum atomic E-state index is 12.8. The van der Waals surface area contributed by atoms with Gasteiger partial charge in [-0.05, 0) is 23.9 Å². The first-order chi connectivity index (χ1) is 15.1. The third-order valence-electron chi connectivity index (χ3n) is 4.56. The summed E-state index contributed by atoms with van der Waals surface area (Å²) in [6.45, 7) is 0.600. The number of rotatable bonds is 8. The molecule has 1 aromatic heterocycles. The van der Waals surface area contributed by atoms with Crippen LogP contribution in [0.15, 0.2) is 35.3 Å². The van der Waals surface area contributed by atoms with Gasteiger partial charge in [-0.25, -0.2) is 8.62 Å². The van der Waals surface area contributed by atoms with E-state index >= 15 is 0 Å². The Kier molecular flexibility index (Phi) is 11.9. The molecule has 0 radical (unpaired) electrons. The zero-order chi connectivity index (χ0) is 24.8. The molecule has 1 saturated heterocycles. The molecule has 2 heterocycles. The van der Waals surface area contributed by atoms with Crippen LogP contribution in [0.3, 0.4) is 0 Å². The number of ether oxygens (including phenoxy) is 1. The molecule has 3 rings (SSSR count). The highest BCUT2D eigenvalue weighted by Gasteiger charge is 2.45. The molecule has 0 amide bonds. The monoisotopic (exact) mass is 582 g/mol. The molecule has 36 heavy (non-hydrogen) atoms. The second-order valence-corrected chi connectivity index (χ2v) is 11.2. The van der Waals surface area contributed by atoms with Crippen LogP contribution in [-0.2, 0) is 31.6 Å². The molecule has 2 aromatic rings. The molecule has 0 bridgehead atoms. The van der Waals surface area contributed by atoms with Crippen LogP contribution in [0.5, 0.6) is 0 Å². The third-order valence-corrected chi connectivity index (χ3v) is 8.25. The largest absolute Gasteiger partial charge is 0.756 e. The van der Waals surface area contributed by atoms with Crippen molar-refractivity contribution in [3.63, 3.8) is 0 Å². The Morgan fingerprint density at radius 1 is 0.972 bits per heavy atom. The lowest BCUT2D eigenvalue weighted by atomic mass is 10.1. The average Bonchev–Trinajstić information content (AvgIpc) is 2.95. The molecule has 21 heteroatoms. The maximum Gasteiger partial charge on any atom is 0.280 e. The third kappa shape index (κ3) is 8.05.